The highest BCUT2D eigenvalue weighted by Crippen LogP contribution is 2.52. The first-order valence-electron chi connectivity index (χ1n) is 15.8. The van der Waals surface area contributed by atoms with Gasteiger partial charge >= 0.3 is 12.2 Å². The molecule has 0 aliphatic carbocycles. The third-order valence-corrected chi connectivity index (χ3v) is 10.2. The maximum absolute atomic E-state index is 16.9. The van der Waals surface area contributed by atoms with Crippen molar-refractivity contribution in [2.75, 3.05) is 23.4 Å². The number of amides is 2. The number of halogens is 3. The van der Waals surface area contributed by atoms with Gasteiger partial charge in [0.1, 0.15) is 52.4 Å². The fraction of sp³-hybridized carbons (Fsp3) is 0.441. The van der Waals surface area contributed by atoms with Crippen molar-refractivity contribution < 1.29 is 32.6 Å². The lowest BCUT2D eigenvalue weighted by molar-refractivity contribution is 0.00545. The highest BCUT2D eigenvalue weighted by atomic mass is 35.5. The second kappa shape index (κ2) is 11.6. The molecule has 3 atom stereocenters. The van der Waals surface area contributed by atoms with Gasteiger partial charge in [0.2, 0.25) is 0 Å². The maximum Gasteiger partial charge on any atom is 0.412 e. The van der Waals surface area contributed by atoms with Crippen molar-refractivity contribution in [2.24, 2.45) is 0 Å². The molecule has 2 saturated heterocycles. The monoisotopic (exact) mass is 710 g/mol. The number of thiophene rings is 1. The van der Waals surface area contributed by atoms with E-state index in [9.17, 15) is 14.9 Å². The smallest absolute Gasteiger partial charge is 0.412 e. The third-order valence-electron chi connectivity index (χ3n) is 8.76. The number of piperazine rings is 1. The molecule has 11 nitrogen and oxygen atoms in total. The number of carbonyl (C=O) groups is 2. The van der Waals surface area contributed by atoms with Crippen molar-refractivity contribution in [2.45, 2.75) is 83.7 Å². The first-order chi connectivity index (χ1) is 23.1. The Morgan fingerprint density at radius 1 is 1.08 bits per heavy atom. The minimum Gasteiger partial charge on any atom is -0.489 e. The molecule has 2 amide bonds. The Morgan fingerprint density at radius 2 is 1.82 bits per heavy atom. The normalized spacial score (nSPS) is 20.0. The lowest BCUT2D eigenvalue weighted by Crippen LogP contribution is -2.63. The Labute approximate surface area is 289 Å². The summed E-state index contributed by atoms with van der Waals surface area (Å²) in [5, 5.41) is 13.0. The van der Waals surface area contributed by atoms with Crippen LogP contribution in [0.4, 0.5) is 29.2 Å². The van der Waals surface area contributed by atoms with E-state index in [0.717, 1.165) is 23.8 Å². The van der Waals surface area contributed by atoms with Crippen LogP contribution >= 0.6 is 22.9 Å². The number of anilines is 2. The molecule has 4 aromatic rings. The van der Waals surface area contributed by atoms with E-state index in [-0.39, 0.29) is 78.2 Å². The van der Waals surface area contributed by atoms with Crippen molar-refractivity contribution >= 4 is 66.9 Å². The summed E-state index contributed by atoms with van der Waals surface area (Å²) in [4.78, 5) is 38.6. The molecular weight excluding hydrogens is 678 g/mol. The Hall–Kier alpha value is -4.48. The predicted molar refractivity (Wildman–Crippen MR) is 181 cm³/mol. The molecule has 49 heavy (non-hydrogen) atoms. The van der Waals surface area contributed by atoms with Gasteiger partial charge < -0.3 is 19.1 Å². The van der Waals surface area contributed by atoms with Crippen molar-refractivity contribution in [1.82, 2.24) is 14.9 Å². The summed E-state index contributed by atoms with van der Waals surface area (Å²) < 4.78 is 49.7. The number of nitriles is 1. The molecule has 0 spiro atoms. The molecule has 256 valence electrons. The average Bonchev–Trinajstić information content (AvgIpc) is 3.47. The zero-order valence-electron chi connectivity index (χ0n) is 27.6. The number of ether oxygens (including phenoxy) is 3. The predicted octanol–water partition coefficient (Wildman–Crippen LogP) is 8.01. The number of nitrogens with one attached hydrogen (secondary N) is 1. The number of hydrogen-bond acceptors (Lipinski definition) is 10. The van der Waals surface area contributed by atoms with Crippen LogP contribution in [0.5, 0.6) is 5.75 Å². The van der Waals surface area contributed by atoms with E-state index < -0.39 is 35.0 Å². The Kier molecular flexibility index (Phi) is 7.79. The summed E-state index contributed by atoms with van der Waals surface area (Å²) in [5.74, 6) is -0.919. The van der Waals surface area contributed by atoms with Crippen LogP contribution in [0.2, 0.25) is 5.02 Å². The molecule has 0 unspecified atom stereocenters. The second-order valence-electron chi connectivity index (χ2n) is 14.3. The molecule has 3 aliphatic rings. The molecule has 7 rings (SSSR count). The first kappa shape index (κ1) is 33.0. The van der Waals surface area contributed by atoms with Crippen molar-refractivity contribution in [3.05, 3.63) is 40.7 Å². The molecule has 1 N–H and O–H groups in total. The standard InChI is InChI=1S/C34H33ClF2N6O5S/c1-33(2,3)47-31(44)41-30-17(11-38)21-16(8-9-18(36)28(21)49-30)22-24(35)27-23-26(25(22)37)39-14-40-29(23)42-12-15-7-10-19(20(42)13-46-27)43(15)32(45)48-34(4,5)6/h8-9,14-15,19-20H,7,10,12-13H2,1-6H3,(H,41,44)/t15-,19+,20-/m1/s1. The number of fused-ring (bicyclic) bond motifs is 6. The first-order valence-corrected chi connectivity index (χ1v) is 17.0. The molecule has 3 aliphatic heterocycles. The zero-order chi connectivity index (χ0) is 35.2. The number of carbonyl (C=O) groups excluding carboxylic acids is 2. The minimum absolute atomic E-state index is 0.0150. The SMILES string of the molecule is CC(C)(C)OC(=O)Nc1sc2c(F)ccc(-c3c(Cl)c4c5c(ncnc5c3F)N3C[C@H]5CC[C@@H]([C@H]3CO4)N5C(=O)OC(C)(C)C)c2c1C#N. The number of nitrogens with zero attached hydrogens (tertiary/aromatic N) is 5. The molecule has 0 radical (unpaired) electrons. The molecule has 5 heterocycles. The number of rotatable bonds is 2. The number of hydrogen-bond donors (Lipinski definition) is 1. The van der Waals surface area contributed by atoms with Crippen LogP contribution < -0.4 is 15.0 Å². The largest absolute Gasteiger partial charge is 0.489 e. The van der Waals surface area contributed by atoms with Gasteiger partial charge in [-0.25, -0.2) is 28.3 Å². The molecule has 2 aromatic carbocycles. The van der Waals surface area contributed by atoms with Crippen molar-refractivity contribution in [3.63, 3.8) is 0 Å². The molecule has 2 bridgehead atoms. The van der Waals surface area contributed by atoms with Crippen LogP contribution in [0.3, 0.4) is 0 Å². The van der Waals surface area contributed by atoms with Crippen LogP contribution in [0.1, 0.15) is 59.9 Å². The minimum atomic E-state index is -0.832. The molecule has 0 saturated carbocycles. The van der Waals surface area contributed by atoms with Gasteiger partial charge in [-0.1, -0.05) is 17.7 Å². The third kappa shape index (κ3) is 5.53. The Morgan fingerprint density at radius 3 is 2.51 bits per heavy atom. The summed E-state index contributed by atoms with van der Waals surface area (Å²) in [6, 6.07) is 3.77. The number of benzene rings is 2. The topological polar surface area (TPSA) is 130 Å². The molecule has 15 heteroatoms. The van der Waals surface area contributed by atoms with Crippen LogP contribution in [-0.2, 0) is 9.47 Å². The molecule has 2 fully saturated rings. The van der Waals surface area contributed by atoms with Crippen LogP contribution in [0.15, 0.2) is 18.5 Å². The lowest BCUT2D eigenvalue weighted by atomic mass is 9.96. The maximum atomic E-state index is 16.9. The number of aromatic nitrogens is 2. The summed E-state index contributed by atoms with van der Waals surface area (Å²) in [5.41, 5.74) is -1.68. The van der Waals surface area contributed by atoms with Gasteiger partial charge in [0, 0.05) is 17.5 Å². The van der Waals surface area contributed by atoms with E-state index in [1.807, 2.05) is 31.7 Å². The fourth-order valence-electron chi connectivity index (χ4n) is 7.00. The van der Waals surface area contributed by atoms with Gasteiger partial charge in [0.15, 0.2) is 11.6 Å². The van der Waals surface area contributed by atoms with Gasteiger partial charge in [0.05, 0.1) is 38.8 Å². The molecular formula is C34H33ClF2N6O5S. The van der Waals surface area contributed by atoms with Gasteiger partial charge in [-0.05, 0) is 66.0 Å². The summed E-state index contributed by atoms with van der Waals surface area (Å²) >= 11 is 7.87. The van der Waals surface area contributed by atoms with Gasteiger partial charge in [0.25, 0.3) is 0 Å². The molecule has 2 aromatic heterocycles. The Balaban J connectivity index is 1.35. The lowest BCUT2D eigenvalue weighted by Gasteiger charge is -2.46. The summed E-state index contributed by atoms with van der Waals surface area (Å²) in [7, 11) is 0. The second-order valence-corrected chi connectivity index (χ2v) is 15.7. The quantitative estimate of drug-likeness (QED) is 0.220. The van der Waals surface area contributed by atoms with Crippen LogP contribution in [0, 0.1) is 23.0 Å². The van der Waals surface area contributed by atoms with E-state index >= 15 is 8.78 Å². The summed E-state index contributed by atoms with van der Waals surface area (Å²) in [6.45, 7) is 11.0. The summed E-state index contributed by atoms with van der Waals surface area (Å²) in [6.07, 6.45) is 1.52. The van der Waals surface area contributed by atoms with Crippen molar-refractivity contribution in [3.8, 4) is 22.9 Å². The van der Waals surface area contributed by atoms with E-state index in [1.54, 1.807) is 25.7 Å². The van der Waals surface area contributed by atoms with Gasteiger partial charge in [-0.3, -0.25) is 10.2 Å². The van der Waals surface area contributed by atoms with Crippen LogP contribution in [-0.4, -0.2) is 69.5 Å². The zero-order valence-corrected chi connectivity index (χ0v) is 29.2. The van der Waals surface area contributed by atoms with E-state index in [0.29, 0.717) is 18.8 Å². The highest BCUT2D eigenvalue weighted by Gasteiger charge is 2.51. The average molecular weight is 711 g/mol. The van der Waals surface area contributed by atoms with E-state index in [2.05, 4.69) is 15.3 Å². The van der Waals surface area contributed by atoms with Crippen LogP contribution in [0.25, 0.3) is 32.1 Å². The Bertz CT molecular complexity index is 2110. The van der Waals surface area contributed by atoms with E-state index in [4.69, 9.17) is 25.8 Å². The fourth-order valence-corrected chi connectivity index (χ4v) is 8.40. The van der Waals surface area contributed by atoms with Crippen molar-refractivity contribution in [1.29, 1.82) is 5.26 Å². The van der Waals surface area contributed by atoms with E-state index in [1.165, 1.54) is 12.4 Å². The van der Waals surface area contributed by atoms with Gasteiger partial charge in [-0.15, -0.1) is 11.3 Å². The highest BCUT2D eigenvalue weighted by molar-refractivity contribution is 7.23. The van der Waals surface area contributed by atoms with Gasteiger partial charge in [-0.2, -0.15) is 5.26 Å².